The molecule has 0 radical (unpaired) electrons. The number of hydrogen-bond donors (Lipinski definition) is 1. The average Bonchev–Trinajstić information content (AvgIpc) is 2.27. The first kappa shape index (κ1) is 15.0. The van der Waals surface area contributed by atoms with Gasteiger partial charge < -0.3 is 9.84 Å². The van der Waals surface area contributed by atoms with Gasteiger partial charge in [-0.05, 0) is 43.7 Å². The first-order chi connectivity index (χ1) is 8.43. The maximum Gasteiger partial charge on any atom is 0.124 e. The van der Waals surface area contributed by atoms with E-state index in [-0.39, 0.29) is 0 Å². The molecule has 1 aromatic carbocycles. The van der Waals surface area contributed by atoms with Gasteiger partial charge in [0.2, 0.25) is 0 Å². The molecular weight excluding hydrogens is 224 g/mol. The smallest absolute Gasteiger partial charge is 0.124 e. The van der Waals surface area contributed by atoms with E-state index < -0.39 is 6.10 Å². The van der Waals surface area contributed by atoms with Gasteiger partial charge in [0.25, 0.3) is 0 Å². The third-order valence-corrected chi connectivity index (χ3v) is 3.24. The second-order valence-corrected chi connectivity index (χ2v) is 5.73. The van der Waals surface area contributed by atoms with Gasteiger partial charge in [-0.2, -0.15) is 0 Å². The SMILES string of the molecule is COc1ccc(C)cc1C(O)CC(C)CC(C)C. The maximum atomic E-state index is 10.4. The van der Waals surface area contributed by atoms with Gasteiger partial charge >= 0.3 is 0 Å². The molecule has 0 fully saturated rings. The molecule has 0 saturated carbocycles. The van der Waals surface area contributed by atoms with Crippen molar-refractivity contribution in [2.24, 2.45) is 11.8 Å². The number of aryl methyl sites for hydroxylation is 1. The Hall–Kier alpha value is -1.02. The van der Waals surface area contributed by atoms with Crippen LogP contribution in [0.5, 0.6) is 5.75 Å². The molecule has 0 bridgehead atoms. The van der Waals surface area contributed by atoms with Crippen LogP contribution in [0.25, 0.3) is 0 Å². The van der Waals surface area contributed by atoms with Crippen molar-refractivity contribution in [3.63, 3.8) is 0 Å². The van der Waals surface area contributed by atoms with Crippen LogP contribution < -0.4 is 4.74 Å². The summed E-state index contributed by atoms with van der Waals surface area (Å²) in [5.74, 6) is 1.97. The highest BCUT2D eigenvalue weighted by atomic mass is 16.5. The average molecular weight is 250 g/mol. The maximum absolute atomic E-state index is 10.4. The summed E-state index contributed by atoms with van der Waals surface area (Å²) >= 11 is 0. The lowest BCUT2D eigenvalue weighted by molar-refractivity contribution is 0.138. The van der Waals surface area contributed by atoms with Gasteiger partial charge in [-0.25, -0.2) is 0 Å². The van der Waals surface area contributed by atoms with Crippen molar-refractivity contribution in [3.05, 3.63) is 29.3 Å². The Morgan fingerprint density at radius 1 is 1.17 bits per heavy atom. The van der Waals surface area contributed by atoms with Crippen molar-refractivity contribution in [2.75, 3.05) is 7.11 Å². The molecule has 2 atom stereocenters. The second-order valence-electron chi connectivity index (χ2n) is 5.73. The number of benzene rings is 1. The fourth-order valence-electron chi connectivity index (χ4n) is 2.52. The zero-order valence-corrected chi connectivity index (χ0v) is 12.2. The van der Waals surface area contributed by atoms with E-state index in [1.54, 1.807) is 7.11 Å². The largest absolute Gasteiger partial charge is 0.496 e. The van der Waals surface area contributed by atoms with Crippen molar-refractivity contribution >= 4 is 0 Å². The Kier molecular flexibility index (Phi) is 5.67. The molecule has 0 heterocycles. The summed E-state index contributed by atoms with van der Waals surface area (Å²) < 4.78 is 5.32. The van der Waals surface area contributed by atoms with E-state index in [2.05, 4.69) is 20.8 Å². The van der Waals surface area contributed by atoms with Crippen molar-refractivity contribution in [2.45, 2.75) is 46.6 Å². The molecule has 0 aliphatic carbocycles. The van der Waals surface area contributed by atoms with E-state index in [1.165, 1.54) is 0 Å². The van der Waals surface area contributed by atoms with Gasteiger partial charge in [0.05, 0.1) is 13.2 Å². The van der Waals surface area contributed by atoms with Gasteiger partial charge in [-0.3, -0.25) is 0 Å². The highest BCUT2D eigenvalue weighted by Gasteiger charge is 2.17. The van der Waals surface area contributed by atoms with E-state index in [1.807, 2.05) is 25.1 Å². The van der Waals surface area contributed by atoms with E-state index in [4.69, 9.17) is 4.74 Å². The Morgan fingerprint density at radius 3 is 2.39 bits per heavy atom. The monoisotopic (exact) mass is 250 g/mol. The molecule has 0 aromatic heterocycles. The topological polar surface area (TPSA) is 29.5 Å². The molecule has 0 saturated heterocycles. The highest BCUT2D eigenvalue weighted by Crippen LogP contribution is 2.31. The Balaban J connectivity index is 2.76. The minimum atomic E-state index is -0.436. The van der Waals surface area contributed by atoms with Gasteiger partial charge in [0.1, 0.15) is 5.75 Å². The summed E-state index contributed by atoms with van der Waals surface area (Å²) in [6.07, 6.45) is 1.50. The van der Waals surface area contributed by atoms with E-state index in [9.17, 15) is 5.11 Å². The number of ether oxygens (including phenoxy) is 1. The quantitative estimate of drug-likeness (QED) is 0.823. The van der Waals surface area contributed by atoms with Crippen LogP contribution in [0.2, 0.25) is 0 Å². The lowest BCUT2D eigenvalue weighted by atomic mass is 9.90. The van der Waals surface area contributed by atoms with E-state index in [0.717, 1.165) is 29.7 Å². The molecule has 0 aliphatic rings. The zero-order valence-electron chi connectivity index (χ0n) is 12.2. The molecule has 1 rings (SSSR count). The minimum absolute atomic E-state index is 0.436. The molecule has 0 amide bonds. The van der Waals surface area contributed by atoms with Crippen LogP contribution in [0.4, 0.5) is 0 Å². The Bertz CT molecular complexity index is 371. The van der Waals surface area contributed by atoms with Crippen LogP contribution in [0.15, 0.2) is 18.2 Å². The van der Waals surface area contributed by atoms with Crippen LogP contribution in [0.3, 0.4) is 0 Å². The third-order valence-electron chi connectivity index (χ3n) is 3.24. The summed E-state index contributed by atoms with van der Waals surface area (Å²) in [6, 6.07) is 5.96. The fourth-order valence-corrected chi connectivity index (χ4v) is 2.52. The van der Waals surface area contributed by atoms with Crippen LogP contribution in [0.1, 0.15) is 50.8 Å². The standard InChI is InChI=1S/C16H26O2/c1-11(2)8-13(4)10-15(17)14-9-12(3)6-7-16(14)18-5/h6-7,9,11,13,15,17H,8,10H2,1-5H3. The number of methoxy groups -OCH3 is 1. The van der Waals surface area contributed by atoms with E-state index >= 15 is 0 Å². The molecule has 18 heavy (non-hydrogen) atoms. The minimum Gasteiger partial charge on any atom is -0.496 e. The van der Waals surface area contributed by atoms with Crippen molar-refractivity contribution in [1.29, 1.82) is 0 Å². The third kappa shape index (κ3) is 4.34. The van der Waals surface area contributed by atoms with Gasteiger partial charge in [0.15, 0.2) is 0 Å². The number of rotatable bonds is 6. The van der Waals surface area contributed by atoms with Crippen LogP contribution >= 0.6 is 0 Å². The normalized spacial score (nSPS) is 14.6. The first-order valence-electron chi connectivity index (χ1n) is 6.76. The first-order valence-corrected chi connectivity index (χ1v) is 6.76. The summed E-state index contributed by atoms with van der Waals surface area (Å²) in [5.41, 5.74) is 2.06. The summed E-state index contributed by atoms with van der Waals surface area (Å²) in [7, 11) is 1.65. The molecule has 0 aliphatic heterocycles. The van der Waals surface area contributed by atoms with Crippen molar-refractivity contribution in [1.82, 2.24) is 0 Å². The van der Waals surface area contributed by atoms with Gasteiger partial charge in [0, 0.05) is 5.56 Å². The van der Waals surface area contributed by atoms with Gasteiger partial charge in [-0.1, -0.05) is 32.4 Å². The molecule has 1 N–H and O–H groups in total. The molecule has 2 heteroatoms. The number of aliphatic hydroxyl groups is 1. The van der Waals surface area contributed by atoms with Crippen LogP contribution in [0, 0.1) is 18.8 Å². The molecular formula is C16H26O2. The van der Waals surface area contributed by atoms with Gasteiger partial charge in [-0.15, -0.1) is 0 Å². The molecule has 1 aromatic rings. The van der Waals surface area contributed by atoms with Crippen LogP contribution in [-0.2, 0) is 0 Å². The van der Waals surface area contributed by atoms with Crippen molar-refractivity contribution < 1.29 is 9.84 Å². The predicted molar refractivity (Wildman–Crippen MR) is 75.9 cm³/mol. The second kappa shape index (κ2) is 6.79. The fraction of sp³-hybridized carbons (Fsp3) is 0.625. The van der Waals surface area contributed by atoms with Crippen LogP contribution in [-0.4, -0.2) is 12.2 Å². The highest BCUT2D eigenvalue weighted by molar-refractivity contribution is 5.38. The molecule has 0 spiro atoms. The summed E-state index contributed by atoms with van der Waals surface area (Å²) in [6.45, 7) is 8.67. The molecule has 2 nitrogen and oxygen atoms in total. The number of hydrogen-bond acceptors (Lipinski definition) is 2. The lowest BCUT2D eigenvalue weighted by Crippen LogP contribution is -2.08. The van der Waals surface area contributed by atoms with E-state index in [0.29, 0.717) is 11.8 Å². The predicted octanol–water partition coefficient (Wildman–Crippen LogP) is 4.11. The molecule has 2 unspecified atom stereocenters. The Labute approximate surface area is 111 Å². The summed E-state index contributed by atoms with van der Waals surface area (Å²) in [5, 5.41) is 10.4. The summed E-state index contributed by atoms with van der Waals surface area (Å²) in [4.78, 5) is 0. The molecule has 102 valence electrons. The zero-order chi connectivity index (χ0) is 13.7. The lowest BCUT2D eigenvalue weighted by Gasteiger charge is -2.20. The van der Waals surface area contributed by atoms with Crippen molar-refractivity contribution in [3.8, 4) is 5.75 Å². The Morgan fingerprint density at radius 2 is 1.83 bits per heavy atom. The number of aliphatic hydroxyl groups excluding tert-OH is 1.